The van der Waals surface area contributed by atoms with Crippen LogP contribution >= 0.6 is 11.6 Å². The van der Waals surface area contributed by atoms with Gasteiger partial charge >= 0.3 is 6.09 Å². The van der Waals surface area contributed by atoms with E-state index >= 15 is 0 Å². The van der Waals surface area contributed by atoms with E-state index in [2.05, 4.69) is 20.7 Å². The number of amides is 1. The van der Waals surface area contributed by atoms with Gasteiger partial charge in [0.05, 0.1) is 5.54 Å². The van der Waals surface area contributed by atoms with E-state index in [4.69, 9.17) is 27.3 Å². The van der Waals surface area contributed by atoms with Crippen molar-refractivity contribution in [1.29, 1.82) is 0 Å². The molecule has 2 rings (SSSR count). The van der Waals surface area contributed by atoms with Crippen molar-refractivity contribution in [2.45, 2.75) is 44.8 Å². The number of ether oxygens (including phenoxy) is 1. The van der Waals surface area contributed by atoms with E-state index in [1.807, 2.05) is 0 Å². The highest BCUT2D eigenvalue weighted by Gasteiger charge is 2.48. The van der Waals surface area contributed by atoms with Crippen LogP contribution in [0.4, 0.5) is 4.79 Å². The number of carbonyl (C=O) groups is 1. The van der Waals surface area contributed by atoms with Gasteiger partial charge in [0.1, 0.15) is 11.3 Å². The Kier molecular flexibility index (Phi) is 4.15. The molecule has 0 saturated heterocycles. The summed E-state index contributed by atoms with van der Waals surface area (Å²) in [5.41, 5.74) is 5.00. The maximum atomic E-state index is 12.0. The first kappa shape index (κ1) is 16.3. The Morgan fingerprint density at radius 3 is 2.64 bits per heavy atom. The highest BCUT2D eigenvalue weighted by Crippen LogP contribution is 2.47. The van der Waals surface area contributed by atoms with Crippen molar-refractivity contribution in [3.05, 3.63) is 22.5 Å². The molecule has 22 heavy (non-hydrogen) atoms. The molecule has 0 spiro atoms. The van der Waals surface area contributed by atoms with Gasteiger partial charge in [0, 0.05) is 5.56 Å². The third-order valence-electron chi connectivity index (χ3n) is 3.12. The van der Waals surface area contributed by atoms with Gasteiger partial charge < -0.3 is 21.0 Å². The Hall–Kier alpha value is -2.09. The Morgan fingerprint density at radius 2 is 2.14 bits per heavy atom. The molecule has 1 aromatic heterocycles. The first-order valence-corrected chi connectivity index (χ1v) is 7.07. The molecular formula is C13H18ClN5O3. The molecular weight excluding hydrogens is 310 g/mol. The SMILES string of the molecule is CC(C)(C)OC(=O)NC1(c2cc(/C(N)=N/O)nnc2Cl)CC1. The summed E-state index contributed by atoms with van der Waals surface area (Å²) < 4.78 is 5.26. The van der Waals surface area contributed by atoms with E-state index < -0.39 is 17.2 Å². The van der Waals surface area contributed by atoms with E-state index in [0.717, 1.165) is 0 Å². The Bertz CT molecular complexity index is 623. The molecule has 0 unspecified atom stereocenters. The number of halogens is 1. The Balaban J connectivity index is 2.25. The number of nitrogens with zero attached hydrogens (tertiary/aromatic N) is 3. The fourth-order valence-corrected chi connectivity index (χ4v) is 2.25. The number of alkyl carbamates (subject to hydrolysis) is 1. The van der Waals surface area contributed by atoms with E-state index in [1.54, 1.807) is 26.8 Å². The van der Waals surface area contributed by atoms with Crippen molar-refractivity contribution in [1.82, 2.24) is 15.5 Å². The second-order valence-electron chi connectivity index (χ2n) is 6.13. The lowest BCUT2D eigenvalue weighted by atomic mass is 10.1. The van der Waals surface area contributed by atoms with Crippen LogP contribution in [0.15, 0.2) is 11.2 Å². The molecule has 0 aromatic carbocycles. The predicted octanol–water partition coefficient (Wildman–Crippen LogP) is 1.74. The first-order valence-electron chi connectivity index (χ1n) is 6.70. The standard InChI is InChI=1S/C13H18ClN5O3/c1-12(2,3)22-11(20)16-13(4-5-13)7-6-8(10(15)19-21)17-18-9(7)14/h6,21H,4-5H2,1-3H3,(H2,15,19)(H,16,20). The molecule has 1 saturated carbocycles. The third-order valence-corrected chi connectivity index (χ3v) is 3.40. The fourth-order valence-electron chi connectivity index (χ4n) is 1.97. The van der Waals surface area contributed by atoms with Gasteiger partial charge in [0.15, 0.2) is 11.0 Å². The molecule has 8 nitrogen and oxygen atoms in total. The maximum Gasteiger partial charge on any atom is 0.408 e. The highest BCUT2D eigenvalue weighted by atomic mass is 35.5. The van der Waals surface area contributed by atoms with Crippen molar-refractivity contribution in [2.24, 2.45) is 10.9 Å². The van der Waals surface area contributed by atoms with Crippen LogP contribution in [0, 0.1) is 0 Å². The van der Waals surface area contributed by atoms with Gasteiger partial charge in [-0.2, -0.15) is 0 Å². The predicted molar refractivity (Wildman–Crippen MR) is 79.8 cm³/mol. The van der Waals surface area contributed by atoms with Crippen LogP contribution in [0.3, 0.4) is 0 Å². The van der Waals surface area contributed by atoms with Crippen molar-refractivity contribution in [3.63, 3.8) is 0 Å². The van der Waals surface area contributed by atoms with Crippen LogP contribution in [0.2, 0.25) is 5.15 Å². The van der Waals surface area contributed by atoms with Crippen molar-refractivity contribution in [3.8, 4) is 0 Å². The summed E-state index contributed by atoms with van der Waals surface area (Å²) in [4.78, 5) is 12.0. The number of aromatic nitrogens is 2. The fraction of sp³-hybridized carbons (Fsp3) is 0.538. The lowest BCUT2D eigenvalue weighted by Crippen LogP contribution is -2.39. The van der Waals surface area contributed by atoms with Crippen molar-refractivity contribution in [2.75, 3.05) is 0 Å². The van der Waals surface area contributed by atoms with Crippen LogP contribution in [0.25, 0.3) is 0 Å². The number of hydrogen-bond acceptors (Lipinski definition) is 6. The van der Waals surface area contributed by atoms with Gasteiger partial charge in [-0.3, -0.25) is 0 Å². The number of hydrogen-bond donors (Lipinski definition) is 3. The van der Waals surface area contributed by atoms with Gasteiger partial charge in [-0.15, -0.1) is 10.2 Å². The molecule has 1 aromatic rings. The van der Waals surface area contributed by atoms with Gasteiger partial charge in [-0.25, -0.2) is 4.79 Å². The van der Waals surface area contributed by atoms with E-state index in [-0.39, 0.29) is 16.7 Å². The molecule has 0 bridgehead atoms. The second-order valence-corrected chi connectivity index (χ2v) is 6.49. The molecule has 1 fully saturated rings. The zero-order valence-corrected chi connectivity index (χ0v) is 13.3. The van der Waals surface area contributed by atoms with Crippen LogP contribution < -0.4 is 11.1 Å². The number of nitrogens with two attached hydrogens (primary N) is 1. The zero-order chi connectivity index (χ0) is 16.5. The minimum atomic E-state index is -0.653. The molecule has 1 aliphatic carbocycles. The van der Waals surface area contributed by atoms with Crippen LogP contribution in [0.5, 0.6) is 0 Å². The van der Waals surface area contributed by atoms with E-state index in [9.17, 15) is 4.79 Å². The molecule has 1 amide bonds. The van der Waals surface area contributed by atoms with Gasteiger partial charge in [0.2, 0.25) is 0 Å². The van der Waals surface area contributed by atoms with Crippen molar-refractivity contribution < 1.29 is 14.7 Å². The second kappa shape index (κ2) is 5.60. The lowest BCUT2D eigenvalue weighted by molar-refractivity contribution is 0.0495. The monoisotopic (exact) mass is 327 g/mol. The molecule has 4 N–H and O–H groups in total. The van der Waals surface area contributed by atoms with E-state index in [1.165, 1.54) is 0 Å². The summed E-state index contributed by atoms with van der Waals surface area (Å²) in [6.07, 6.45) is 0.837. The average molecular weight is 328 g/mol. The first-order chi connectivity index (χ1) is 10.2. The van der Waals surface area contributed by atoms with Crippen molar-refractivity contribution >= 4 is 23.5 Å². The number of nitrogens with one attached hydrogen (secondary N) is 1. The number of oxime groups is 1. The summed E-state index contributed by atoms with van der Waals surface area (Å²) in [7, 11) is 0. The van der Waals surface area contributed by atoms with Gasteiger partial charge in [0.25, 0.3) is 0 Å². The van der Waals surface area contributed by atoms with Crippen LogP contribution in [-0.4, -0.2) is 32.9 Å². The molecule has 120 valence electrons. The average Bonchev–Trinajstić information content (AvgIpc) is 3.16. The summed E-state index contributed by atoms with van der Waals surface area (Å²) in [5.74, 6) is -0.182. The summed E-state index contributed by atoms with van der Waals surface area (Å²) in [6.45, 7) is 5.34. The number of rotatable bonds is 3. The van der Waals surface area contributed by atoms with Crippen LogP contribution in [-0.2, 0) is 10.3 Å². The largest absolute Gasteiger partial charge is 0.444 e. The summed E-state index contributed by atoms with van der Waals surface area (Å²) >= 11 is 6.08. The molecule has 0 radical (unpaired) electrons. The Morgan fingerprint density at radius 1 is 1.50 bits per heavy atom. The van der Waals surface area contributed by atoms with Crippen LogP contribution in [0.1, 0.15) is 44.9 Å². The van der Waals surface area contributed by atoms with Gasteiger partial charge in [-0.1, -0.05) is 16.8 Å². The summed E-state index contributed by atoms with van der Waals surface area (Å²) in [6, 6.07) is 1.55. The summed E-state index contributed by atoms with van der Waals surface area (Å²) in [5, 5.41) is 22.1. The highest BCUT2D eigenvalue weighted by molar-refractivity contribution is 6.30. The number of carbonyl (C=O) groups excluding carboxylic acids is 1. The molecule has 1 heterocycles. The zero-order valence-electron chi connectivity index (χ0n) is 12.6. The molecule has 9 heteroatoms. The molecule has 0 atom stereocenters. The number of amidine groups is 1. The minimum absolute atomic E-state index is 0.156. The smallest absolute Gasteiger partial charge is 0.408 e. The maximum absolute atomic E-state index is 12.0. The molecule has 1 aliphatic rings. The van der Waals surface area contributed by atoms with E-state index in [0.29, 0.717) is 18.4 Å². The molecule has 0 aliphatic heterocycles. The Labute approximate surface area is 132 Å². The normalized spacial score (nSPS) is 17.0. The van der Waals surface area contributed by atoms with Gasteiger partial charge in [-0.05, 0) is 39.7 Å². The minimum Gasteiger partial charge on any atom is -0.444 e. The third kappa shape index (κ3) is 3.56. The quantitative estimate of drug-likeness (QED) is 0.336. The lowest BCUT2D eigenvalue weighted by Gasteiger charge is -2.24. The topological polar surface area (TPSA) is 123 Å².